The topological polar surface area (TPSA) is 113 Å². The van der Waals surface area contributed by atoms with Crippen molar-refractivity contribution >= 4 is 27.7 Å². The minimum absolute atomic E-state index is 0.00399. The van der Waals surface area contributed by atoms with Crippen LogP contribution in [0.4, 0.5) is 0 Å². The molecule has 1 aliphatic heterocycles. The van der Waals surface area contributed by atoms with Crippen molar-refractivity contribution < 1.29 is 27.5 Å². The van der Waals surface area contributed by atoms with Crippen LogP contribution in [-0.2, 0) is 32.6 Å². The fourth-order valence-corrected chi connectivity index (χ4v) is 5.81. The third-order valence-corrected chi connectivity index (χ3v) is 7.98. The Morgan fingerprint density at radius 2 is 1.65 bits per heavy atom. The van der Waals surface area contributed by atoms with Crippen LogP contribution in [0.1, 0.15) is 21.5 Å². The Bertz CT molecular complexity index is 1420. The van der Waals surface area contributed by atoms with Crippen molar-refractivity contribution in [1.29, 1.82) is 0 Å². The van der Waals surface area contributed by atoms with Crippen LogP contribution in [0.2, 0.25) is 0 Å². The number of nitrogens with zero attached hydrogens (tertiary/aromatic N) is 2. The fraction of sp³-hybridized carbons (Fsp3) is 0.222. The molecule has 9 nitrogen and oxygen atoms in total. The molecule has 3 aromatic rings. The maximum atomic E-state index is 13.8. The average Bonchev–Trinajstić information content (AvgIpc) is 3.11. The van der Waals surface area contributed by atoms with Gasteiger partial charge in [0.1, 0.15) is 23.2 Å². The molecule has 0 fully saturated rings. The molecule has 1 aliphatic rings. The summed E-state index contributed by atoms with van der Waals surface area (Å²) in [5.41, 5.74) is 1.51. The lowest BCUT2D eigenvalue weighted by Crippen LogP contribution is -2.52. The Balaban J connectivity index is 1.70. The Kier molecular flexibility index (Phi) is 7.58. The van der Waals surface area contributed by atoms with Crippen molar-refractivity contribution in [2.45, 2.75) is 23.9 Å². The number of nitrogens with one attached hydrogen (secondary N) is 1. The molecule has 1 N–H and O–H groups in total. The van der Waals surface area contributed by atoms with E-state index >= 15 is 0 Å². The first kappa shape index (κ1) is 25.9. The Morgan fingerprint density at radius 1 is 0.973 bits per heavy atom. The number of rotatable bonds is 9. The molecule has 3 aromatic carbocycles. The number of benzene rings is 3. The van der Waals surface area contributed by atoms with Gasteiger partial charge in [0.15, 0.2) is 0 Å². The summed E-state index contributed by atoms with van der Waals surface area (Å²) in [6.07, 6.45) is 0.192. The molecule has 1 atom stereocenters. The second-order valence-corrected chi connectivity index (χ2v) is 10.3. The molecular formula is C27H27N3O6S. The summed E-state index contributed by atoms with van der Waals surface area (Å²) in [4.78, 5) is 40.9. The van der Waals surface area contributed by atoms with E-state index in [0.29, 0.717) is 15.6 Å². The van der Waals surface area contributed by atoms with E-state index in [1.807, 2.05) is 30.3 Å². The van der Waals surface area contributed by atoms with E-state index in [1.165, 1.54) is 37.3 Å². The summed E-state index contributed by atoms with van der Waals surface area (Å²) in [5, 5.41) is 2.61. The van der Waals surface area contributed by atoms with Gasteiger partial charge in [0.25, 0.3) is 15.9 Å². The number of methoxy groups -OCH3 is 1. The number of carbonyl (C=O) groups is 3. The van der Waals surface area contributed by atoms with Crippen molar-refractivity contribution in [3.8, 4) is 5.75 Å². The van der Waals surface area contributed by atoms with Crippen LogP contribution in [0.15, 0.2) is 83.8 Å². The van der Waals surface area contributed by atoms with Crippen LogP contribution < -0.4 is 10.1 Å². The van der Waals surface area contributed by atoms with Gasteiger partial charge in [0, 0.05) is 20.0 Å². The maximum absolute atomic E-state index is 13.8. The monoisotopic (exact) mass is 521 g/mol. The van der Waals surface area contributed by atoms with Crippen molar-refractivity contribution in [1.82, 2.24) is 14.5 Å². The zero-order valence-corrected chi connectivity index (χ0v) is 21.3. The van der Waals surface area contributed by atoms with Gasteiger partial charge in [-0.2, -0.15) is 0 Å². The zero-order chi connectivity index (χ0) is 26.6. The maximum Gasteiger partial charge on any atom is 0.269 e. The Labute approximate surface area is 215 Å². The lowest BCUT2D eigenvalue weighted by Gasteiger charge is -2.32. The highest BCUT2D eigenvalue weighted by Crippen LogP contribution is 2.30. The van der Waals surface area contributed by atoms with Gasteiger partial charge in [-0.05, 0) is 35.4 Å². The molecule has 3 amide bonds. The molecule has 0 spiro atoms. The van der Waals surface area contributed by atoms with Crippen molar-refractivity contribution in [3.63, 3.8) is 0 Å². The molecule has 10 heteroatoms. The van der Waals surface area contributed by atoms with E-state index in [4.69, 9.17) is 4.74 Å². The van der Waals surface area contributed by atoms with Gasteiger partial charge in [-0.1, -0.05) is 54.6 Å². The van der Waals surface area contributed by atoms with Gasteiger partial charge in [-0.15, -0.1) is 0 Å². The van der Waals surface area contributed by atoms with Crippen LogP contribution in [0.3, 0.4) is 0 Å². The summed E-state index contributed by atoms with van der Waals surface area (Å²) < 4.78 is 32.0. The zero-order valence-electron chi connectivity index (χ0n) is 20.5. The highest BCUT2D eigenvalue weighted by atomic mass is 32.2. The van der Waals surface area contributed by atoms with Gasteiger partial charge in [0.2, 0.25) is 11.8 Å². The first-order chi connectivity index (χ1) is 17.8. The lowest BCUT2D eigenvalue weighted by molar-refractivity contribution is -0.140. The van der Waals surface area contributed by atoms with Crippen LogP contribution in [0.5, 0.6) is 5.75 Å². The van der Waals surface area contributed by atoms with Gasteiger partial charge >= 0.3 is 0 Å². The molecule has 192 valence electrons. The Morgan fingerprint density at radius 3 is 2.32 bits per heavy atom. The van der Waals surface area contributed by atoms with Crippen molar-refractivity contribution in [2.75, 3.05) is 20.7 Å². The van der Waals surface area contributed by atoms with Crippen LogP contribution >= 0.6 is 0 Å². The number of carbonyl (C=O) groups excluding carboxylic acids is 3. The smallest absolute Gasteiger partial charge is 0.269 e. The molecular weight excluding hydrogens is 494 g/mol. The number of sulfonamides is 1. The molecule has 0 saturated carbocycles. The highest BCUT2D eigenvalue weighted by Gasteiger charge is 2.43. The molecule has 0 aromatic heterocycles. The number of hydrogen-bond acceptors (Lipinski definition) is 6. The van der Waals surface area contributed by atoms with Crippen LogP contribution in [0.25, 0.3) is 0 Å². The van der Waals surface area contributed by atoms with Gasteiger partial charge in [-0.3, -0.25) is 14.4 Å². The fourth-order valence-electron chi connectivity index (χ4n) is 4.29. The number of hydrogen-bond donors (Lipinski definition) is 1. The van der Waals surface area contributed by atoms with Gasteiger partial charge < -0.3 is 15.0 Å². The van der Waals surface area contributed by atoms with Gasteiger partial charge in [0.05, 0.1) is 12.7 Å². The van der Waals surface area contributed by atoms with E-state index in [9.17, 15) is 22.8 Å². The summed E-state index contributed by atoms with van der Waals surface area (Å²) in [7, 11) is -1.21. The second-order valence-electron chi connectivity index (χ2n) is 8.51. The second kappa shape index (κ2) is 10.8. The first-order valence-electron chi connectivity index (χ1n) is 11.6. The quantitative estimate of drug-likeness (QED) is 0.462. The first-order valence-corrected chi connectivity index (χ1v) is 13.0. The molecule has 0 bridgehead atoms. The molecule has 0 aliphatic carbocycles. The highest BCUT2D eigenvalue weighted by molar-refractivity contribution is 7.90. The number of ether oxygens (including phenoxy) is 1. The van der Waals surface area contributed by atoms with Crippen molar-refractivity contribution in [3.05, 3.63) is 95.6 Å². The Hall–Kier alpha value is -4.18. The molecule has 0 unspecified atom stereocenters. The van der Waals surface area contributed by atoms with E-state index < -0.39 is 40.3 Å². The van der Waals surface area contributed by atoms with E-state index in [0.717, 1.165) is 5.56 Å². The number of amides is 3. The summed E-state index contributed by atoms with van der Waals surface area (Å²) in [5.74, 6) is -1.31. The van der Waals surface area contributed by atoms with E-state index in [2.05, 4.69) is 5.32 Å². The third-order valence-electron chi connectivity index (χ3n) is 6.20. The molecule has 37 heavy (non-hydrogen) atoms. The predicted octanol–water partition coefficient (Wildman–Crippen LogP) is 2.23. The van der Waals surface area contributed by atoms with E-state index in [-0.39, 0.29) is 23.4 Å². The standard InChI is InChI=1S/C27H27N3O6S/c1-28-26(32)23(16-19-9-4-3-5-10-19)29(17-20-11-8-12-21(15-20)36-2)25(31)18-30-27(33)22-13-6-7-14-24(22)37(30,34)35/h3-15,23H,16-18H2,1-2H3,(H,28,32)/t23-/m1/s1. The molecule has 0 saturated heterocycles. The third kappa shape index (κ3) is 5.34. The summed E-state index contributed by atoms with van der Waals surface area (Å²) in [6.45, 7) is -0.738. The molecule has 1 heterocycles. The predicted molar refractivity (Wildman–Crippen MR) is 136 cm³/mol. The number of fused-ring (bicyclic) bond motifs is 1. The summed E-state index contributed by atoms with van der Waals surface area (Å²) >= 11 is 0. The normalized spacial score (nSPS) is 14.5. The average molecular weight is 522 g/mol. The summed E-state index contributed by atoms with van der Waals surface area (Å²) in [6, 6.07) is 21.1. The van der Waals surface area contributed by atoms with E-state index in [1.54, 1.807) is 30.3 Å². The van der Waals surface area contributed by atoms with Gasteiger partial charge in [-0.25, -0.2) is 12.7 Å². The minimum Gasteiger partial charge on any atom is -0.497 e. The molecule has 4 rings (SSSR count). The molecule has 0 radical (unpaired) electrons. The number of likely N-dealkylation sites (N-methyl/N-ethyl adjacent to an activating group) is 1. The van der Waals surface area contributed by atoms with Crippen molar-refractivity contribution in [2.24, 2.45) is 0 Å². The lowest BCUT2D eigenvalue weighted by atomic mass is 10.0. The minimum atomic E-state index is -4.20. The van der Waals surface area contributed by atoms with Crippen LogP contribution in [-0.4, -0.2) is 62.1 Å². The SMILES string of the molecule is CNC(=O)[C@@H](Cc1ccccc1)N(Cc1cccc(OC)c1)C(=O)CN1C(=O)c2ccccc2S1(=O)=O. The largest absolute Gasteiger partial charge is 0.497 e. The van der Waals surface area contributed by atoms with Crippen LogP contribution in [0, 0.1) is 0 Å².